The van der Waals surface area contributed by atoms with E-state index < -0.39 is 10.0 Å². The maximum Gasteiger partial charge on any atom is 0.261 e. The number of fused-ring (bicyclic) bond motifs is 1. The van der Waals surface area contributed by atoms with Gasteiger partial charge in [-0.3, -0.25) is 4.72 Å². The Balaban J connectivity index is 2.00. The monoisotopic (exact) mass is 375 g/mol. The van der Waals surface area contributed by atoms with Crippen molar-refractivity contribution in [3.8, 4) is 0 Å². The van der Waals surface area contributed by atoms with Gasteiger partial charge in [-0.15, -0.1) is 0 Å². The summed E-state index contributed by atoms with van der Waals surface area (Å²) in [4.78, 5) is 0.249. The van der Waals surface area contributed by atoms with Gasteiger partial charge in [-0.1, -0.05) is 36.4 Å². The number of anilines is 1. The Morgan fingerprint density at radius 2 is 1.64 bits per heavy atom. The largest absolute Gasteiger partial charge is 0.278 e. The molecule has 0 amide bonds. The number of hydrogen-bond donors (Lipinski definition) is 1. The van der Waals surface area contributed by atoms with Crippen molar-refractivity contribution in [3.05, 3.63) is 70.7 Å². The lowest BCUT2D eigenvalue weighted by atomic mass is 10.1. The second-order valence-electron chi connectivity index (χ2n) is 5.10. The number of aryl methyl sites for hydroxylation is 1. The van der Waals surface area contributed by atoms with Crippen molar-refractivity contribution in [1.29, 1.82) is 0 Å². The summed E-state index contributed by atoms with van der Waals surface area (Å²) in [7, 11) is -3.62. The van der Waals surface area contributed by atoms with Gasteiger partial charge in [-0.05, 0) is 63.5 Å². The highest BCUT2D eigenvalue weighted by Gasteiger charge is 2.16. The van der Waals surface area contributed by atoms with Crippen LogP contribution in [0.4, 0.5) is 5.69 Å². The van der Waals surface area contributed by atoms with E-state index in [0.29, 0.717) is 5.69 Å². The molecule has 0 saturated heterocycles. The van der Waals surface area contributed by atoms with Crippen LogP contribution in [-0.2, 0) is 10.0 Å². The highest BCUT2D eigenvalue weighted by atomic mass is 79.9. The number of nitrogens with one attached hydrogen (secondary N) is 1. The van der Waals surface area contributed by atoms with Gasteiger partial charge in [0.15, 0.2) is 0 Å². The van der Waals surface area contributed by atoms with E-state index in [1.807, 2.05) is 49.4 Å². The SMILES string of the molecule is Cc1ccc(NS(=O)(=O)c2ccc3ccccc3c2)c(Br)c1. The molecule has 0 atom stereocenters. The molecule has 0 bridgehead atoms. The van der Waals surface area contributed by atoms with Gasteiger partial charge in [0.25, 0.3) is 10.0 Å². The highest BCUT2D eigenvalue weighted by molar-refractivity contribution is 9.10. The Kier molecular flexibility index (Phi) is 3.93. The molecule has 0 unspecified atom stereocenters. The molecule has 0 saturated carbocycles. The summed E-state index contributed by atoms with van der Waals surface area (Å²) in [5.74, 6) is 0. The van der Waals surface area contributed by atoms with Gasteiger partial charge >= 0.3 is 0 Å². The van der Waals surface area contributed by atoms with Crippen LogP contribution in [0.5, 0.6) is 0 Å². The minimum Gasteiger partial charge on any atom is -0.278 e. The molecule has 0 aliphatic carbocycles. The zero-order chi connectivity index (χ0) is 15.7. The first-order valence-corrected chi connectivity index (χ1v) is 9.01. The van der Waals surface area contributed by atoms with E-state index in [1.54, 1.807) is 18.2 Å². The fourth-order valence-corrected chi connectivity index (χ4v) is 4.08. The Morgan fingerprint density at radius 3 is 2.36 bits per heavy atom. The van der Waals surface area contributed by atoms with Crippen LogP contribution in [0.2, 0.25) is 0 Å². The lowest BCUT2D eigenvalue weighted by molar-refractivity contribution is 0.601. The van der Waals surface area contributed by atoms with Crippen LogP contribution in [-0.4, -0.2) is 8.42 Å². The maximum absolute atomic E-state index is 12.6. The van der Waals surface area contributed by atoms with E-state index in [-0.39, 0.29) is 4.90 Å². The minimum absolute atomic E-state index is 0.249. The summed E-state index contributed by atoms with van der Waals surface area (Å²) < 4.78 is 28.4. The van der Waals surface area contributed by atoms with Crippen LogP contribution in [0.3, 0.4) is 0 Å². The fraction of sp³-hybridized carbons (Fsp3) is 0.0588. The Hall–Kier alpha value is -1.85. The smallest absolute Gasteiger partial charge is 0.261 e. The topological polar surface area (TPSA) is 46.2 Å². The standard InChI is InChI=1S/C17H14BrNO2S/c1-12-6-9-17(16(18)10-12)19-22(20,21)15-8-7-13-4-2-3-5-14(13)11-15/h2-11,19H,1H3. The van der Waals surface area contributed by atoms with Crippen LogP contribution in [0.1, 0.15) is 5.56 Å². The molecule has 0 heterocycles. The third kappa shape index (κ3) is 3.00. The van der Waals surface area contributed by atoms with Crippen LogP contribution in [0, 0.1) is 6.92 Å². The molecule has 0 aliphatic rings. The van der Waals surface area contributed by atoms with Gasteiger partial charge in [0, 0.05) is 4.47 Å². The molecule has 5 heteroatoms. The number of sulfonamides is 1. The van der Waals surface area contributed by atoms with Crippen molar-refractivity contribution in [3.63, 3.8) is 0 Å². The van der Waals surface area contributed by atoms with Crippen molar-refractivity contribution in [2.45, 2.75) is 11.8 Å². The summed E-state index contributed by atoms with van der Waals surface area (Å²) >= 11 is 3.39. The highest BCUT2D eigenvalue weighted by Crippen LogP contribution is 2.27. The van der Waals surface area contributed by atoms with Crippen LogP contribution in [0.15, 0.2) is 70.0 Å². The van der Waals surface area contributed by atoms with Crippen LogP contribution in [0.25, 0.3) is 10.8 Å². The molecule has 1 N–H and O–H groups in total. The van der Waals surface area contributed by atoms with Gasteiger partial charge in [0.05, 0.1) is 10.6 Å². The van der Waals surface area contributed by atoms with Crippen molar-refractivity contribution in [1.82, 2.24) is 0 Å². The molecule has 0 radical (unpaired) electrons. The summed E-state index contributed by atoms with van der Waals surface area (Å²) in [6, 6.07) is 18.3. The third-order valence-corrected chi connectivity index (χ3v) is 5.42. The molecular weight excluding hydrogens is 362 g/mol. The Bertz CT molecular complexity index is 952. The minimum atomic E-state index is -3.62. The maximum atomic E-state index is 12.6. The van der Waals surface area contributed by atoms with E-state index >= 15 is 0 Å². The second-order valence-corrected chi connectivity index (χ2v) is 7.63. The first-order valence-electron chi connectivity index (χ1n) is 6.73. The molecule has 3 rings (SSSR count). The number of rotatable bonds is 3. The van der Waals surface area contributed by atoms with E-state index in [2.05, 4.69) is 20.7 Å². The number of hydrogen-bond acceptors (Lipinski definition) is 2. The summed E-state index contributed by atoms with van der Waals surface area (Å²) in [6.45, 7) is 1.95. The normalized spacial score (nSPS) is 11.5. The van der Waals surface area contributed by atoms with Gasteiger partial charge in [-0.25, -0.2) is 8.42 Å². The average molecular weight is 376 g/mol. The lowest BCUT2D eigenvalue weighted by Gasteiger charge is -2.11. The first kappa shape index (κ1) is 15.1. The second kappa shape index (κ2) is 5.74. The van der Waals surface area contributed by atoms with E-state index in [0.717, 1.165) is 20.8 Å². The predicted molar refractivity (Wildman–Crippen MR) is 93.6 cm³/mol. The van der Waals surface area contributed by atoms with Gasteiger partial charge in [0.1, 0.15) is 0 Å². The number of benzene rings is 3. The van der Waals surface area contributed by atoms with E-state index in [1.165, 1.54) is 0 Å². The van der Waals surface area contributed by atoms with Gasteiger partial charge < -0.3 is 0 Å². The molecular formula is C17H14BrNO2S. The molecule has 0 spiro atoms. The molecule has 112 valence electrons. The Labute approximate surface area is 138 Å². The van der Waals surface area contributed by atoms with Gasteiger partial charge in [0.2, 0.25) is 0 Å². The van der Waals surface area contributed by atoms with E-state index in [4.69, 9.17) is 0 Å². The number of halogens is 1. The summed E-state index contributed by atoms with van der Waals surface area (Å²) in [5.41, 5.74) is 1.58. The summed E-state index contributed by atoms with van der Waals surface area (Å²) in [5, 5.41) is 1.91. The quantitative estimate of drug-likeness (QED) is 0.720. The van der Waals surface area contributed by atoms with Crippen LogP contribution < -0.4 is 4.72 Å². The molecule has 3 nitrogen and oxygen atoms in total. The molecule has 3 aromatic carbocycles. The van der Waals surface area contributed by atoms with Gasteiger partial charge in [-0.2, -0.15) is 0 Å². The molecule has 0 aromatic heterocycles. The van der Waals surface area contributed by atoms with Crippen molar-refractivity contribution in [2.75, 3.05) is 4.72 Å². The van der Waals surface area contributed by atoms with Crippen molar-refractivity contribution >= 4 is 42.4 Å². The lowest BCUT2D eigenvalue weighted by Crippen LogP contribution is -2.13. The van der Waals surface area contributed by atoms with E-state index in [9.17, 15) is 8.42 Å². The zero-order valence-electron chi connectivity index (χ0n) is 11.9. The predicted octanol–water partition coefficient (Wildman–Crippen LogP) is 4.71. The first-order chi connectivity index (χ1) is 10.5. The average Bonchev–Trinajstić information content (AvgIpc) is 2.49. The Morgan fingerprint density at radius 1 is 0.909 bits per heavy atom. The zero-order valence-corrected chi connectivity index (χ0v) is 14.3. The molecule has 0 fully saturated rings. The molecule has 22 heavy (non-hydrogen) atoms. The summed E-state index contributed by atoms with van der Waals surface area (Å²) in [6.07, 6.45) is 0. The fourth-order valence-electron chi connectivity index (χ4n) is 2.24. The molecule has 0 aliphatic heterocycles. The van der Waals surface area contributed by atoms with Crippen molar-refractivity contribution < 1.29 is 8.42 Å². The van der Waals surface area contributed by atoms with Crippen LogP contribution >= 0.6 is 15.9 Å². The molecule has 3 aromatic rings. The third-order valence-electron chi connectivity index (χ3n) is 3.40. The van der Waals surface area contributed by atoms with Crippen molar-refractivity contribution in [2.24, 2.45) is 0 Å².